The number of amides is 2. The van der Waals surface area contributed by atoms with Crippen molar-refractivity contribution in [1.82, 2.24) is 10.2 Å². The lowest BCUT2D eigenvalue weighted by Crippen LogP contribution is -2.56. The molecule has 35 heavy (non-hydrogen) atoms. The highest BCUT2D eigenvalue weighted by Crippen LogP contribution is 2.44. The Bertz CT molecular complexity index is 1200. The monoisotopic (exact) mass is 472 g/mol. The topological polar surface area (TPSA) is 95.9 Å². The van der Waals surface area contributed by atoms with E-state index in [2.05, 4.69) is 17.4 Å². The van der Waals surface area contributed by atoms with Crippen LogP contribution in [0.2, 0.25) is 0 Å². The molecule has 0 bridgehead atoms. The minimum Gasteiger partial charge on any atom is -0.480 e. The van der Waals surface area contributed by atoms with Gasteiger partial charge in [0, 0.05) is 12.5 Å². The molecule has 1 unspecified atom stereocenters. The summed E-state index contributed by atoms with van der Waals surface area (Å²) in [6.45, 7) is 3.08. The normalized spacial score (nSPS) is 13.8. The number of nitrogens with zero attached hydrogens (tertiary/aromatic N) is 1. The average Bonchev–Trinajstić information content (AvgIpc) is 3.19. The molecule has 0 aliphatic heterocycles. The summed E-state index contributed by atoms with van der Waals surface area (Å²) in [5, 5.41) is 12.0. The number of hydrogen-bond acceptors (Lipinski definition) is 4. The molecule has 4 rings (SSSR count). The van der Waals surface area contributed by atoms with Gasteiger partial charge in [-0.25, -0.2) is 4.79 Å². The Morgan fingerprint density at radius 2 is 1.46 bits per heavy atom. The first-order valence-electron chi connectivity index (χ1n) is 11.5. The van der Waals surface area contributed by atoms with Gasteiger partial charge in [-0.15, -0.1) is 0 Å². The SMILES string of the molecule is CCN(CC(=O)O)C(=O)C(C)(NC(=O)OCC1c2ccccc2-c2ccccc21)c1ccccc1. The van der Waals surface area contributed by atoms with Crippen molar-refractivity contribution >= 4 is 18.0 Å². The molecule has 3 aromatic carbocycles. The second-order valence-corrected chi connectivity index (χ2v) is 8.65. The molecule has 2 amide bonds. The first-order chi connectivity index (χ1) is 16.8. The molecule has 0 saturated heterocycles. The Hall–Kier alpha value is -4.13. The molecule has 3 aromatic rings. The van der Waals surface area contributed by atoms with Crippen molar-refractivity contribution in [2.45, 2.75) is 25.3 Å². The van der Waals surface area contributed by atoms with Crippen molar-refractivity contribution in [2.75, 3.05) is 19.7 Å². The second-order valence-electron chi connectivity index (χ2n) is 8.65. The Balaban J connectivity index is 1.56. The summed E-state index contributed by atoms with van der Waals surface area (Å²) in [7, 11) is 0. The molecule has 0 aromatic heterocycles. The number of carboxylic acids is 1. The highest BCUT2D eigenvalue weighted by molar-refractivity contribution is 5.92. The van der Waals surface area contributed by atoms with Crippen molar-refractivity contribution in [1.29, 1.82) is 0 Å². The number of carboxylic acid groups (broad SMARTS) is 1. The lowest BCUT2D eigenvalue weighted by atomic mass is 9.90. The predicted octanol–water partition coefficient (Wildman–Crippen LogP) is 4.37. The van der Waals surface area contributed by atoms with Crippen LogP contribution in [0.3, 0.4) is 0 Å². The van der Waals surface area contributed by atoms with E-state index in [1.165, 1.54) is 4.90 Å². The zero-order valence-electron chi connectivity index (χ0n) is 19.7. The van der Waals surface area contributed by atoms with Gasteiger partial charge < -0.3 is 20.1 Å². The summed E-state index contributed by atoms with van der Waals surface area (Å²) in [5.74, 6) is -1.77. The average molecular weight is 473 g/mol. The zero-order chi connectivity index (χ0) is 25.0. The van der Waals surface area contributed by atoms with E-state index in [-0.39, 0.29) is 19.1 Å². The lowest BCUT2D eigenvalue weighted by molar-refractivity contribution is -0.147. The largest absolute Gasteiger partial charge is 0.480 e. The van der Waals surface area contributed by atoms with E-state index < -0.39 is 30.1 Å². The molecule has 7 heteroatoms. The predicted molar refractivity (Wildman–Crippen MR) is 132 cm³/mol. The number of hydrogen-bond donors (Lipinski definition) is 2. The van der Waals surface area contributed by atoms with E-state index in [1.54, 1.807) is 44.2 Å². The summed E-state index contributed by atoms with van der Waals surface area (Å²) in [6, 6.07) is 24.8. The fourth-order valence-electron chi connectivity index (χ4n) is 4.67. The number of benzene rings is 3. The fourth-order valence-corrected chi connectivity index (χ4v) is 4.67. The fraction of sp³-hybridized carbons (Fsp3) is 0.250. The number of fused-ring (bicyclic) bond motifs is 3. The molecular formula is C28H28N2O5. The third kappa shape index (κ3) is 4.75. The van der Waals surface area contributed by atoms with Crippen LogP contribution in [0.15, 0.2) is 78.9 Å². The summed E-state index contributed by atoms with van der Waals surface area (Å²) in [4.78, 5) is 39.0. The number of likely N-dealkylation sites (N-methyl/N-ethyl adjacent to an activating group) is 1. The van der Waals surface area contributed by atoms with Gasteiger partial charge in [0.2, 0.25) is 0 Å². The van der Waals surface area contributed by atoms with E-state index >= 15 is 0 Å². The second kappa shape index (κ2) is 10.0. The minimum atomic E-state index is -1.50. The van der Waals surface area contributed by atoms with Crippen molar-refractivity contribution in [2.24, 2.45) is 0 Å². The van der Waals surface area contributed by atoms with Crippen LogP contribution in [0.5, 0.6) is 0 Å². The van der Waals surface area contributed by atoms with Gasteiger partial charge in [-0.05, 0) is 41.7 Å². The van der Waals surface area contributed by atoms with Crippen LogP contribution in [0.1, 0.15) is 36.5 Å². The van der Waals surface area contributed by atoms with Gasteiger partial charge >= 0.3 is 12.1 Å². The standard InChI is InChI=1S/C28H28N2O5/c1-3-30(17-25(31)32)26(33)28(2,19-11-5-4-6-12-19)29-27(34)35-18-24-22-15-9-7-13-20(22)21-14-8-10-16-23(21)24/h4-16,24H,3,17-18H2,1-2H3,(H,29,34)(H,31,32). The van der Waals surface area contributed by atoms with Crippen molar-refractivity contribution in [3.8, 4) is 11.1 Å². The molecule has 0 heterocycles. The van der Waals surface area contributed by atoms with Crippen LogP contribution in [-0.4, -0.2) is 47.7 Å². The molecule has 1 atom stereocenters. The third-order valence-electron chi connectivity index (χ3n) is 6.47. The van der Waals surface area contributed by atoms with Crippen LogP contribution < -0.4 is 5.32 Å². The molecule has 180 valence electrons. The zero-order valence-corrected chi connectivity index (χ0v) is 19.7. The van der Waals surface area contributed by atoms with E-state index in [0.29, 0.717) is 5.56 Å². The van der Waals surface area contributed by atoms with Crippen LogP contribution >= 0.6 is 0 Å². The third-order valence-corrected chi connectivity index (χ3v) is 6.47. The van der Waals surface area contributed by atoms with Crippen molar-refractivity contribution < 1.29 is 24.2 Å². The van der Waals surface area contributed by atoms with Crippen molar-refractivity contribution in [3.05, 3.63) is 95.6 Å². The number of carbonyl (C=O) groups excluding carboxylic acids is 2. The van der Waals surface area contributed by atoms with Gasteiger partial charge in [-0.1, -0.05) is 78.9 Å². The van der Waals surface area contributed by atoms with Gasteiger partial charge in [0.05, 0.1) is 0 Å². The molecule has 7 nitrogen and oxygen atoms in total. The molecule has 2 N–H and O–H groups in total. The number of aliphatic carboxylic acids is 1. The number of rotatable bonds is 8. The Morgan fingerprint density at radius 3 is 2.00 bits per heavy atom. The van der Waals surface area contributed by atoms with E-state index in [1.807, 2.05) is 36.4 Å². The molecule has 1 aliphatic carbocycles. The first-order valence-corrected chi connectivity index (χ1v) is 11.5. The number of alkyl carbamates (subject to hydrolysis) is 1. The maximum Gasteiger partial charge on any atom is 0.408 e. The first kappa shape index (κ1) is 24.0. The van der Waals surface area contributed by atoms with Crippen molar-refractivity contribution in [3.63, 3.8) is 0 Å². The summed E-state index contributed by atoms with van der Waals surface area (Å²) in [5.41, 5.74) is 3.43. The molecular weight excluding hydrogens is 444 g/mol. The molecule has 0 radical (unpaired) electrons. The van der Waals surface area contributed by atoms with E-state index in [4.69, 9.17) is 4.74 Å². The maximum absolute atomic E-state index is 13.4. The highest BCUT2D eigenvalue weighted by Gasteiger charge is 2.41. The molecule has 0 saturated carbocycles. The van der Waals surface area contributed by atoms with Gasteiger partial charge in [0.25, 0.3) is 5.91 Å². The van der Waals surface area contributed by atoms with Crippen LogP contribution in [0.4, 0.5) is 4.79 Å². The Labute approximate surface area is 204 Å². The number of carbonyl (C=O) groups is 3. The Kier molecular flexibility index (Phi) is 6.87. The van der Waals surface area contributed by atoms with Gasteiger partial charge in [0.15, 0.2) is 0 Å². The Morgan fingerprint density at radius 1 is 0.914 bits per heavy atom. The smallest absolute Gasteiger partial charge is 0.408 e. The summed E-state index contributed by atoms with van der Waals surface area (Å²) < 4.78 is 5.66. The highest BCUT2D eigenvalue weighted by atomic mass is 16.5. The summed E-state index contributed by atoms with van der Waals surface area (Å²) in [6.07, 6.45) is -0.752. The van der Waals surface area contributed by atoms with Crippen LogP contribution in [0, 0.1) is 0 Å². The number of ether oxygens (including phenoxy) is 1. The quantitative estimate of drug-likeness (QED) is 0.508. The van der Waals surface area contributed by atoms with E-state index in [0.717, 1.165) is 22.3 Å². The molecule has 0 spiro atoms. The maximum atomic E-state index is 13.4. The minimum absolute atomic E-state index is 0.103. The number of nitrogens with one attached hydrogen (secondary N) is 1. The van der Waals surface area contributed by atoms with Crippen LogP contribution in [-0.2, 0) is 19.9 Å². The molecule has 1 aliphatic rings. The van der Waals surface area contributed by atoms with Crippen LogP contribution in [0.25, 0.3) is 11.1 Å². The van der Waals surface area contributed by atoms with E-state index in [9.17, 15) is 19.5 Å². The summed E-state index contributed by atoms with van der Waals surface area (Å²) >= 11 is 0. The van der Waals surface area contributed by atoms with Gasteiger partial charge in [0.1, 0.15) is 18.7 Å². The van der Waals surface area contributed by atoms with Gasteiger partial charge in [-0.2, -0.15) is 0 Å². The van der Waals surface area contributed by atoms with Gasteiger partial charge in [-0.3, -0.25) is 9.59 Å². The lowest BCUT2D eigenvalue weighted by Gasteiger charge is -2.34. The molecule has 0 fully saturated rings.